The molecule has 2 N–H and O–H groups in total. The molecule has 18 heavy (non-hydrogen) atoms. The van der Waals surface area contributed by atoms with Crippen LogP contribution in [0.15, 0.2) is 30.3 Å². The Hall–Kier alpha value is -1.79. The summed E-state index contributed by atoms with van der Waals surface area (Å²) >= 11 is 0. The zero-order valence-corrected chi connectivity index (χ0v) is 10.5. The molecule has 0 saturated carbocycles. The lowest BCUT2D eigenvalue weighted by atomic mass is 10.1. The Labute approximate surface area is 106 Å². The van der Waals surface area contributed by atoms with Gasteiger partial charge in [0.2, 0.25) is 0 Å². The van der Waals surface area contributed by atoms with Crippen LogP contribution in [0.1, 0.15) is 30.4 Å². The van der Waals surface area contributed by atoms with Gasteiger partial charge in [0.25, 0.3) is 0 Å². The van der Waals surface area contributed by atoms with Gasteiger partial charge in [0.05, 0.1) is 18.7 Å². The molecule has 1 aromatic carbocycles. The second-order valence-corrected chi connectivity index (χ2v) is 4.08. The van der Waals surface area contributed by atoms with Gasteiger partial charge in [-0.05, 0) is 12.5 Å². The quantitative estimate of drug-likeness (QED) is 0.803. The molecule has 6 nitrogen and oxygen atoms in total. The lowest BCUT2D eigenvalue weighted by Crippen LogP contribution is -2.28. The van der Waals surface area contributed by atoms with Crippen LogP contribution in [0.2, 0.25) is 0 Å². The Kier molecular flexibility index (Phi) is 4.38. The van der Waals surface area contributed by atoms with Crippen LogP contribution in [0.3, 0.4) is 0 Å². The van der Waals surface area contributed by atoms with E-state index in [1.165, 1.54) is 5.56 Å². The van der Waals surface area contributed by atoms with Crippen molar-refractivity contribution in [3.63, 3.8) is 0 Å². The zero-order chi connectivity index (χ0) is 12.8. The van der Waals surface area contributed by atoms with E-state index in [1.54, 1.807) is 7.11 Å². The number of ether oxygens (including phenoxy) is 1. The molecule has 2 unspecified atom stereocenters. The predicted molar refractivity (Wildman–Crippen MR) is 66.8 cm³/mol. The summed E-state index contributed by atoms with van der Waals surface area (Å²) in [6.45, 7) is 2.59. The number of nitrogens with one attached hydrogen (secondary N) is 2. The highest BCUT2D eigenvalue weighted by molar-refractivity contribution is 5.19. The van der Waals surface area contributed by atoms with Crippen molar-refractivity contribution in [1.29, 1.82) is 0 Å². The second kappa shape index (κ2) is 6.23. The van der Waals surface area contributed by atoms with Gasteiger partial charge in [0.1, 0.15) is 0 Å². The number of hydrogen-bond acceptors (Lipinski definition) is 5. The molecule has 1 aromatic heterocycles. The molecule has 2 rings (SSSR count). The standard InChI is InChI=1S/C12H17N5O/c1-9(12-14-16-17-15-12)13-11(8-18-2)10-6-4-3-5-7-10/h3-7,9,11,13H,8H2,1-2H3,(H,14,15,16,17). The molecule has 2 atom stereocenters. The molecule has 2 aromatic rings. The maximum Gasteiger partial charge on any atom is 0.191 e. The van der Waals surface area contributed by atoms with Crippen LogP contribution in [-0.2, 0) is 4.74 Å². The Bertz CT molecular complexity index is 445. The first-order chi connectivity index (χ1) is 8.81. The van der Waals surface area contributed by atoms with Gasteiger partial charge in [-0.1, -0.05) is 35.5 Å². The van der Waals surface area contributed by atoms with Gasteiger partial charge in [0.15, 0.2) is 5.82 Å². The molecule has 0 spiro atoms. The van der Waals surface area contributed by atoms with E-state index in [-0.39, 0.29) is 12.1 Å². The van der Waals surface area contributed by atoms with Gasteiger partial charge < -0.3 is 4.74 Å². The van der Waals surface area contributed by atoms with Gasteiger partial charge in [-0.15, -0.1) is 10.2 Å². The zero-order valence-electron chi connectivity index (χ0n) is 10.5. The van der Waals surface area contributed by atoms with Gasteiger partial charge in [-0.2, -0.15) is 5.21 Å². The largest absolute Gasteiger partial charge is 0.383 e. The van der Waals surface area contributed by atoms with Gasteiger partial charge in [-0.3, -0.25) is 5.32 Å². The molecule has 96 valence electrons. The van der Waals surface area contributed by atoms with Crippen LogP contribution < -0.4 is 5.32 Å². The Morgan fingerprint density at radius 1 is 1.33 bits per heavy atom. The number of nitrogens with zero attached hydrogens (tertiary/aromatic N) is 3. The Morgan fingerprint density at radius 3 is 2.72 bits per heavy atom. The van der Waals surface area contributed by atoms with E-state index in [4.69, 9.17) is 4.74 Å². The number of rotatable bonds is 6. The summed E-state index contributed by atoms with van der Waals surface area (Å²) in [5.41, 5.74) is 1.18. The molecule has 1 heterocycles. The van der Waals surface area contributed by atoms with E-state index >= 15 is 0 Å². The minimum Gasteiger partial charge on any atom is -0.383 e. The fourth-order valence-corrected chi connectivity index (χ4v) is 1.82. The molecular weight excluding hydrogens is 230 g/mol. The highest BCUT2D eigenvalue weighted by Crippen LogP contribution is 2.17. The van der Waals surface area contributed by atoms with E-state index in [0.29, 0.717) is 12.4 Å². The molecule has 0 amide bonds. The molecule has 6 heteroatoms. The first-order valence-electron chi connectivity index (χ1n) is 5.84. The first kappa shape index (κ1) is 12.7. The molecule has 0 aliphatic heterocycles. The molecule has 0 fully saturated rings. The van der Waals surface area contributed by atoms with Crippen molar-refractivity contribution < 1.29 is 4.74 Å². The third-order valence-electron chi connectivity index (χ3n) is 2.74. The number of aromatic nitrogens is 4. The maximum atomic E-state index is 5.25. The smallest absolute Gasteiger partial charge is 0.191 e. The summed E-state index contributed by atoms with van der Waals surface area (Å²) in [4.78, 5) is 0. The third-order valence-corrected chi connectivity index (χ3v) is 2.74. The second-order valence-electron chi connectivity index (χ2n) is 4.08. The summed E-state index contributed by atoms with van der Waals surface area (Å²) < 4.78 is 5.25. The summed E-state index contributed by atoms with van der Waals surface area (Å²) in [5, 5.41) is 17.4. The lowest BCUT2D eigenvalue weighted by molar-refractivity contribution is 0.161. The summed E-state index contributed by atoms with van der Waals surface area (Å²) in [7, 11) is 1.69. The number of aromatic amines is 1. The monoisotopic (exact) mass is 247 g/mol. The van der Waals surface area contributed by atoms with E-state index in [9.17, 15) is 0 Å². The topological polar surface area (TPSA) is 75.7 Å². The highest BCUT2D eigenvalue weighted by Gasteiger charge is 2.17. The summed E-state index contributed by atoms with van der Waals surface area (Å²) in [6, 6.07) is 10.3. The Balaban J connectivity index is 2.07. The van der Waals surface area contributed by atoms with Crippen LogP contribution in [0.5, 0.6) is 0 Å². The fraction of sp³-hybridized carbons (Fsp3) is 0.417. The highest BCUT2D eigenvalue weighted by atomic mass is 16.5. The molecule has 0 saturated heterocycles. The summed E-state index contributed by atoms with van der Waals surface area (Å²) in [5.74, 6) is 0.645. The van der Waals surface area contributed by atoms with E-state index in [1.807, 2.05) is 25.1 Å². The van der Waals surface area contributed by atoms with E-state index in [0.717, 1.165) is 0 Å². The number of benzene rings is 1. The van der Waals surface area contributed by atoms with Crippen LogP contribution in [0.4, 0.5) is 0 Å². The number of H-pyrrole nitrogens is 1. The third kappa shape index (κ3) is 3.12. The molecule has 0 aliphatic carbocycles. The van der Waals surface area contributed by atoms with Crippen molar-refractivity contribution in [2.24, 2.45) is 0 Å². The molecule has 0 radical (unpaired) electrons. The van der Waals surface area contributed by atoms with E-state index in [2.05, 4.69) is 38.1 Å². The van der Waals surface area contributed by atoms with Crippen LogP contribution in [0, 0.1) is 0 Å². The minimum atomic E-state index is 0.00380. The van der Waals surface area contributed by atoms with Gasteiger partial charge in [-0.25, -0.2) is 0 Å². The summed E-state index contributed by atoms with van der Waals surface area (Å²) in [6.07, 6.45) is 0. The van der Waals surface area contributed by atoms with Crippen molar-refractivity contribution >= 4 is 0 Å². The minimum absolute atomic E-state index is 0.00380. The van der Waals surface area contributed by atoms with Crippen molar-refractivity contribution in [3.05, 3.63) is 41.7 Å². The van der Waals surface area contributed by atoms with E-state index < -0.39 is 0 Å². The fourth-order valence-electron chi connectivity index (χ4n) is 1.82. The average Bonchev–Trinajstić information content (AvgIpc) is 2.93. The van der Waals surface area contributed by atoms with Crippen LogP contribution in [0.25, 0.3) is 0 Å². The first-order valence-corrected chi connectivity index (χ1v) is 5.84. The number of tetrazole rings is 1. The SMILES string of the molecule is COCC(NC(C)c1nn[nH]n1)c1ccccc1. The molecule has 0 aliphatic rings. The van der Waals surface area contributed by atoms with Crippen molar-refractivity contribution in [3.8, 4) is 0 Å². The normalized spacial score (nSPS) is 14.3. The molecular formula is C12H17N5O. The lowest BCUT2D eigenvalue weighted by Gasteiger charge is -2.21. The van der Waals surface area contributed by atoms with Gasteiger partial charge >= 0.3 is 0 Å². The van der Waals surface area contributed by atoms with Gasteiger partial charge in [0, 0.05) is 7.11 Å². The van der Waals surface area contributed by atoms with Crippen LogP contribution >= 0.6 is 0 Å². The van der Waals surface area contributed by atoms with Crippen LogP contribution in [-0.4, -0.2) is 34.3 Å². The predicted octanol–water partition coefficient (Wildman–Crippen LogP) is 1.24. The molecule has 0 bridgehead atoms. The Morgan fingerprint density at radius 2 is 2.11 bits per heavy atom. The van der Waals surface area contributed by atoms with Crippen molar-refractivity contribution in [2.45, 2.75) is 19.0 Å². The maximum absolute atomic E-state index is 5.25. The number of hydrogen-bond donors (Lipinski definition) is 2. The number of methoxy groups -OCH3 is 1. The van der Waals surface area contributed by atoms with Crippen molar-refractivity contribution in [2.75, 3.05) is 13.7 Å². The van der Waals surface area contributed by atoms with Crippen molar-refractivity contribution in [1.82, 2.24) is 25.9 Å². The average molecular weight is 247 g/mol.